The summed E-state index contributed by atoms with van der Waals surface area (Å²) in [6, 6.07) is 9.40. The summed E-state index contributed by atoms with van der Waals surface area (Å²) in [6.45, 7) is 1.47. The van der Waals surface area contributed by atoms with Crippen LogP contribution in [0, 0.1) is 0 Å². The molecule has 1 unspecified atom stereocenters. The second kappa shape index (κ2) is 12.3. The minimum absolute atomic E-state index is 0.0121. The number of carbonyl (C=O) groups is 3. The molecule has 7 nitrogen and oxygen atoms in total. The highest BCUT2D eigenvalue weighted by Crippen LogP contribution is 2.19. The number of amides is 4. The van der Waals surface area contributed by atoms with Crippen molar-refractivity contribution in [2.24, 2.45) is 0 Å². The molecule has 1 heterocycles. The van der Waals surface area contributed by atoms with Gasteiger partial charge in [-0.2, -0.15) is 0 Å². The molecule has 1 aliphatic heterocycles. The molecule has 1 aliphatic carbocycles. The van der Waals surface area contributed by atoms with E-state index in [1.54, 1.807) is 0 Å². The maximum absolute atomic E-state index is 12.5. The van der Waals surface area contributed by atoms with Gasteiger partial charge in [-0.1, -0.05) is 56.0 Å². The van der Waals surface area contributed by atoms with Crippen molar-refractivity contribution in [1.82, 2.24) is 20.9 Å². The van der Waals surface area contributed by atoms with Crippen molar-refractivity contribution in [2.45, 2.75) is 76.3 Å². The lowest BCUT2D eigenvalue weighted by Crippen LogP contribution is -2.45. The van der Waals surface area contributed by atoms with Gasteiger partial charge in [0.25, 0.3) is 0 Å². The molecule has 31 heavy (non-hydrogen) atoms. The van der Waals surface area contributed by atoms with Gasteiger partial charge in [-0.15, -0.1) is 0 Å². The minimum atomic E-state index is -0.318. The van der Waals surface area contributed by atoms with E-state index < -0.39 is 0 Å². The van der Waals surface area contributed by atoms with Gasteiger partial charge in [0.1, 0.15) is 0 Å². The van der Waals surface area contributed by atoms with Crippen molar-refractivity contribution in [3.05, 3.63) is 35.9 Å². The summed E-state index contributed by atoms with van der Waals surface area (Å²) >= 11 is 0. The van der Waals surface area contributed by atoms with Crippen LogP contribution in [0.15, 0.2) is 30.3 Å². The number of nitrogens with zero attached hydrogens (tertiary/aromatic N) is 1. The number of rotatable bonds is 8. The molecule has 2 aliphatic rings. The second-order valence-corrected chi connectivity index (χ2v) is 8.67. The van der Waals surface area contributed by atoms with Gasteiger partial charge in [-0.3, -0.25) is 9.59 Å². The van der Waals surface area contributed by atoms with Crippen LogP contribution >= 0.6 is 0 Å². The Kier molecular flexibility index (Phi) is 9.18. The molecule has 0 spiro atoms. The number of hydrogen-bond donors (Lipinski definition) is 3. The molecule has 7 heteroatoms. The van der Waals surface area contributed by atoms with E-state index in [9.17, 15) is 14.4 Å². The number of urea groups is 1. The third kappa shape index (κ3) is 7.89. The van der Waals surface area contributed by atoms with Crippen molar-refractivity contribution in [3.8, 4) is 0 Å². The minimum Gasteiger partial charge on any atom is -0.353 e. The van der Waals surface area contributed by atoms with E-state index in [1.807, 2.05) is 35.2 Å². The molecule has 4 amide bonds. The van der Waals surface area contributed by atoms with Crippen molar-refractivity contribution in [3.63, 3.8) is 0 Å². The number of benzene rings is 1. The highest BCUT2D eigenvalue weighted by atomic mass is 16.2. The van der Waals surface area contributed by atoms with Gasteiger partial charge in [-0.05, 0) is 31.2 Å². The summed E-state index contributed by atoms with van der Waals surface area (Å²) in [5.41, 5.74) is 0.963. The fraction of sp³-hybridized carbons (Fsp3) is 0.625. The number of carbonyl (C=O) groups excluding carboxylic acids is 3. The molecule has 0 bridgehead atoms. The standard InChI is InChI=1S/C24H36N4O3/c29-22(26-20-12-6-2-7-13-20)15-16-25-24(31)27-21(19-10-4-1-5-11-19)18-28-17-9-3-8-14-23(28)30/h1,4-5,10-11,20-21H,2-3,6-9,12-18H2,(H,26,29)(H2,25,27,31). The largest absolute Gasteiger partial charge is 0.353 e. The third-order valence-corrected chi connectivity index (χ3v) is 6.19. The first-order valence-corrected chi connectivity index (χ1v) is 11.8. The van der Waals surface area contributed by atoms with Gasteiger partial charge >= 0.3 is 6.03 Å². The summed E-state index contributed by atoms with van der Waals surface area (Å²) < 4.78 is 0. The van der Waals surface area contributed by atoms with E-state index >= 15 is 0 Å². The van der Waals surface area contributed by atoms with Crippen molar-refractivity contribution >= 4 is 17.8 Å². The Morgan fingerprint density at radius 3 is 2.52 bits per heavy atom. The SMILES string of the molecule is O=C(CCNC(=O)NC(CN1CCCCCC1=O)c1ccccc1)NC1CCCCC1. The number of nitrogens with one attached hydrogen (secondary N) is 3. The summed E-state index contributed by atoms with van der Waals surface area (Å²) in [6.07, 6.45) is 9.53. The van der Waals surface area contributed by atoms with Crippen LogP contribution < -0.4 is 16.0 Å². The summed E-state index contributed by atoms with van der Waals surface area (Å²) in [5, 5.41) is 8.87. The van der Waals surface area contributed by atoms with Crippen molar-refractivity contribution in [2.75, 3.05) is 19.6 Å². The molecule has 3 rings (SSSR count). The highest BCUT2D eigenvalue weighted by molar-refractivity contribution is 5.79. The Morgan fingerprint density at radius 2 is 1.74 bits per heavy atom. The van der Waals surface area contributed by atoms with Crippen molar-refractivity contribution in [1.29, 1.82) is 0 Å². The van der Waals surface area contributed by atoms with Gasteiger partial charge in [0, 0.05) is 38.5 Å². The predicted octanol–water partition coefficient (Wildman–Crippen LogP) is 3.27. The van der Waals surface area contributed by atoms with Crippen LogP contribution in [0.3, 0.4) is 0 Å². The molecule has 1 aromatic rings. The van der Waals surface area contributed by atoms with E-state index in [1.165, 1.54) is 19.3 Å². The van der Waals surface area contributed by atoms with Crippen LogP contribution in [-0.2, 0) is 9.59 Å². The van der Waals surface area contributed by atoms with Crippen LogP contribution in [0.5, 0.6) is 0 Å². The van der Waals surface area contributed by atoms with Crippen molar-refractivity contribution < 1.29 is 14.4 Å². The predicted molar refractivity (Wildman–Crippen MR) is 120 cm³/mol. The molecule has 170 valence electrons. The molecule has 3 N–H and O–H groups in total. The third-order valence-electron chi connectivity index (χ3n) is 6.19. The smallest absolute Gasteiger partial charge is 0.315 e. The molecule has 1 saturated carbocycles. The first-order valence-electron chi connectivity index (χ1n) is 11.8. The average Bonchev–Trinajstić information content (AvgIpc) is 2.98. The van der Waals surface area contributed by atoms with Crippen LogP contribution in [-0.4, -0.2) is 48.4 Å². The van der Waals surface area contributed by atoms with Gasteiger partial charge < -0.3 is 20.9 Å². The second-order valence-electron chi connectivity index (χ2n) is 8.67. The Balaban J connectivity index is 1.48. The molecule has 1 saturated heterocycles. The lowest BCUT2D eigenvalue weighted by atomic mass is 9.95. The van der Waals surface area contributed by atoms with Gasteiger partial charge in [0.15, 0.2) is 0 Å². The normalized spacial score (nSPS) is 18.7. The van der Waals surface area contributed by atoms with Gasteiger partial charge in [0.2, 0.25) is 11.8 Å². The van der Waals surface area contributed by atoms with E-state index in [0.29, 0.717) is 13.0 Å². The van der Waals surface area contributed by atoms with E-state index in [2.05, 4.69) is 16.0 Å². The topological polar surface area (TPSA) is 90.5 Å². The monoisotopic (exact) mass is 428 g/mol. The fourth-order valence-corrected chi connectivity index (χ4v) is 4.42. The average molecular weight is 429 g/mol. The zero-order valence-electron chi connectivity index (χ0n) is 18.4. The first-order chi connectivity index (χ1) is 15.1. The van der Waals surface area contributed by atoms with Crippen LogP contribution in [0.25, 0.3) is 0 Å². The lowest BCUT2D eigenvalue weighted by molar-refractivity contribution is -0.131. The molecular formula is C24H36N4O3. The fourth-order valence-electron chi connectivity index (χ4n) is 4.42. The summed E-state index contributed by atoms with van der Waals surface area (Å²) in [5.74, 6) is 0.141. The van der Waals surface area contributed by atoms with E-state index in [-0.39, 0.29) is 42.9 Å². The summed E-state index contributed by atoms with van der Waals surface area (Å²) in [7, 11) is 0. The summed E-state index contributed by atoms with van der Waals surface area (Å²) in [4.78, 5) is 39.0. The molecule has 2 fully saturated rings. The number of hydrogen-bond acceptors (Lipinski definition) is 3. The zero-order valence-corrected chi connectivity index (χ0v) is 18.4. The molecular weight excluding hydrogens is 392 g/mol. The van der Waals surface area contributed by atoms with Crippen LogP contribution in [0.2, 0.25) is 0 Å². The Hall–Kier alpha value is -2.57. The van der Waals surface area contributed by atoms with E-state index in [0.717, 1.165) is 44.2 Å². The van der Waals surface area contributed by atoms with Gasteiger partial charge in [-0.25, -0.2) is 4.79 Å². The zero-order chi connectivity index (χ0) is 21.9. The van der Waals surface area contributed by atoms with Gasteiger partial charge in [0.05, 0.1) is 6.04 Å². The Labute approximate surface area is 185 Å². The Morgan fingerprint density at radius 1 is 1.00 bits per heavy atom. The lowest BCUT2D eigenvalue weighted by Gasteiger charge is -2.28. The molecule has 0 radical (unpaired) electrons. The van der Waals surface area contributed by atoms with Crippen LogP contribution in [0.4, 0.5) is 4.79 Å². The Bertz CT molecular complexity index is 719. The number of likely N-dealkylation sites (tertiary alicyclic amines) is 1. The van der Waals surface area contributed by atoms with E-state index in [4.69, 9.17) is 0 Å². The van der Waals surface area contributed by atoms with Crippen LogP contribution in [0.1, 0.15) is 75.8 Å². The molecule has 0 aromatic heterocycles. The highest BCUT2D eigenvalue weighted by Gasteiger charge is 2.23. The maximum atomic E-state index is 12.5. The molecule has 1 aromatic carbocycles. The first kappa shape index (κ1) is 23.1. The quantitative estimate of drug-likeness (QED) is 0.594. The maximum Gasteiger partial charge on any atom is 0.315 e. The molecule has 1 atom stereocenters.